The monoisotopic (exact) mass is 302 g/mol. The fourth-order valence-corrected chi connectivity index (χ4v) is 3.16. The lowest BCUT2D eigenvalue weighted by Gasteiger charge is -2.07. The Morgan fingerprint density at radius 2 is 1.88 bits per heavy atom. The van der Waals surface area contributed by atoms with E-state index >= 15 is 0 Å². The van der Waals surface area contributed by atoms with Crippen molar-refractivity contribution in [1.82, 2.24) is 0 Å². The minimum absolute atomic E-state index is 0.0845. The normalized spacial score (nSPS) is 12.4. The molecule has 0 saturated heterocycles. The third kappa shape index (κ3) is 2.23. The molecule has 0 aliphatic rings. The Morgan fingerprint density at radius 1 is 1.24 bits per heavy atom. The Hall–Kier alpha value is -0.520. The third-order valence-corrected chi connectivity index (χ3v) is 4.33. The van der Waals surface area contributed by atoms with Gasteiger partial charge in [-0.1, -0.05) is 11.6 Å². The number of alkyl halides is 4. The van der Waals surface area contributed by atoms with E-state index in [9.17, 15) is 17.6 Å². The lowest BCUT2D eigenvalue weighted by Crippen LogP contribution is -2.07. The van der Waals surface area contributed by atoms with Gasteiger partial charge in [-0.3, -0.25) is 0 Å². The lowest BCUT2D eigenvalue weighted by molar-refractivity contribution is -0.139. The van der Waals surface area contributed by atoms with E-state index in [0.717, 1.165) is 23.5 Å². The maximum absolute atomic E-state index is 13.3. The fourth-order valence-electron chi connectivity index (χ4n) is 1.44. The van der Waals surface area contributed by atoms with Crippen LogP contribution >= 0.6 is 34.5 Å². The Morgan fingerprint density at radius 3 is 2.41 bits per heavy atom. The predicted octanol–water partition coefficient (Wildman–Crippen LogP) is 5.45. The van der Waals surface area contributed by atoms with Crippen LogP contribution in [-0.4, -0.2) is 0 Å². The number of benzene rings is 1. The molecule has 0 bridgehead atoms. The van der Waals surface area contributed by atoms with E-state index < -0.39 is 17.6 Å². The smallest absolute Gasteiger partial charge is 0.206 e. The molecule has 1 aromatic carbocycles. The van der Waals surface area contributed by atoms with E-state index in [1.54, 1.807) is 0 Å². The molecule has 2 aromatic rings. The van der Waals surface area contributed by atoms with Crippen LogP contribution in [0.25, 0.3) is 10.1 Å². The van der Waals surface area contributed by atoms with Crippen molar-refractivity contribution < 1.29 is 17.6 Å². The molecular weight excluding hydrogens is 299 g/mol. The van der Waals surface area contributed by atoms with Gasteiger partial charge in [-0.15, -0.1) is 22.9 Å². The number of thiophene rings is 1. The molecule has 0 aliphatic carbocycles. The Bertz CT molecular complexity index is 574. The third-order valence-electron chi connectivity index (χ3n) is 2.21. The summed E-state index contributed by atoms with van der Waals surface area (Å²) in [6, 6.07) is 1.56. The molecule has 7 heteroatoms. The number of halogens is 6. The van der Waals surface area contributed by atoms with Crippen molar-refractivity contribution in [3.8, 4) is 0 Å². The highest BCUT2D eigenvalue weighted by Gasteiger charge is 2.34. The number of hydrogen-bond acceptors (Lipinski definition) is 1. The Labute approximate surface area is 108 Å². The zero-order chi connectivity index (χ0) is 12.8. The van der Waals surface area contributed by atoms with Crippen molar-refractivity contribution in [3.05, 3.63) is 33.4 Å². The summed E-state index contributed by atoms with van der Waals surface area (Å²) in [4.78, 5) is 0.530. The molecule has 92 valence electrons. The minimum Gasteiger partial charge on any atom is -0.206 e. The van der Waals surface area contributed by atoms with Crippen LogP contribution in [0, 0.1) is 5.82 Å². The van der Waals surface area contributed by atoms with Gasteiger partial charge in [0, 0.05) is 15.0 Å². The average molecular weight is 303 g/mol. The maximum atomic E-state index is 13.3. The molecule has 0 saturated carbocycles. The molecular formula is C10H4Cl2F4S. The fraction of sp³-hybridized carbons (Fsp3) is 0.200. The van der Waals surface area contributed by atoms with Crippen LogP contribution in [-0.2, 0) is 12.1 Å². The van der Waals surface area contributed by atoms with Crippen LogP contribution in [0.4, 0.5) is 17.6 Å². The standard InChI is InChI=1S/C10H4Cl2F4S/c11-3-8-9(12)4-1-5(10(14,15)16)6(13)2-7(4)17-8/h1-2H,3H2. The summed E-state index contributed by atoms with van der Waals surface area (Å²) in [5.74, 6) is -1.22. The summed E-state index contributed by atoms with van der Waals surface area (Å²) in [5, 5.41) is 0.339. The molecule has 2 rings (SSSR count). The maximum Gasteiger partial charge on any atom is 0.419 e. The molecule has 0 nitrogen and oxygen atoms in total. The van der Waals surface area contributed by atoms with E-state index in [0.29, 0.717) is 9.58 Å². The summed E-state index contributed by atoms with van der Waals surface area (Å²) in [5.41, 5.74) is -1.31. The van der Waals surface area contributed by atoms with E-state index in [1.807, 2.05) is 0 Å². The van der Waals surface area contributed by atoms with Crippen molar-refractivity contribution in [3.63, 3.8) is 0 Å². The van der Waals surface area contributed by atoms with Crippen LogP contribution in [0.3, 0.4) is 0 Å². The van der Waals surface area contributed by atoms with Crippen molar-refractivity contribution in [2.45, 2.75) is 12.1 Å². The second kappa shape index (κ2) is 4.30. The highest BCUT2D eigenvalue weighted by molar-refractivity contribution is 7.20. The van der Waals surface area contributed by atoms with E-state index in [4.69, 9.17) is 23.2 Å². The van der Waals surface area contributed by atoms with Crippen LogP contribution in [0.5, 0.6) is 0 Å². The van der Waals surface area contributed by atoms with Gasteiger partial charge >= 0.3 is 6.18 Å². The topological polar surface area (TPSA) is 0 Å². The highest BCUT2D eigenvalue weighted by atomic mass is 35.5. The van der Waals surface area contributed by atoms with Crippen LogP contribution in [0.15, 0.2) is 12.1 Å². The van der Waals surface area contributed by atoms with Gasteiger partial charge in [0.15, 0.2) is 0 Å². The molecule has 1 aromatic heterocycles. The summed E-state index contributed by atoms with van der Waals surface area (Å²) < 4.78 is 51.1. The van der Waals surface area contributed by atoms with Crippen molar-refractivity contribution in [1.29, 1.82) is 0 Å². The molecule has 0 aliphatic heterocycles. The van der Waals surface area contributed by atoms with Gasteiger partial charge in [0.25, 0.3) is 0 Å². The number of rotatable bonds is 1. The van der Waals surface area contributed by atoms with E-state index in [1.165, 1.54) is 0 Å². The second-order valence-corrected chi connectivity index (χ2v) is 5.08. The van der Waals surface area contributed by atoms with Gasteiger partial charge in [-0.25, -0.2) is 4.39 Å². The minimum atomic E-state index is -4.73. The van der Waals surface area contributed by atoms with Crippen molar-refractivity contribution >= 4 is 44.6 Å². The van der Waals surface area contributed by atoms with Crippen LogP contribution < -0.4 is 0 Å². The molecule has 17 heavy (non-hydrogen) atoms. The van der Waals surface area contributed by atoms with Gasteiger partial charge < -0.3 is 0 Å². The first-order valence-electron chi connectivity index (χ1n) is 4.38. The molecule has 0 atom stereocenters. The van der Waals surface area contributed by atoms with Gasteiger partial charge in [0.05, 0.1) is 16.5 Å². The highest BCUT2D eigenvalue weighted by Crippen LogP contribution is 2.41. The van der Waals surface area contributed by atoms with Crippen LogP contribution in [0.1, 0.15) is 10.4 Å². The zero-order valence-electron chi connectivity index (χ0n) is 8.04. The van der Waals surface area contributed by atoms with Gasteiger partial charge in [-0.2, -0.15) is 13.2 Å². The number of fused-ring (bicyclic) bond motifs is 1. The lowest BCUT2D eigenvalue weighted by atomic mass is 10.1. The first-order chi connectivity index (χ1) is 7.84. The molecule has 0 amide bonds. The van der Waals surface area contributed by atoms with Crippen molar-refractivity contribution in [2.75, 3.05) is 0 Å². The van der Waals surface area contributed by atoms with E-state index in [-0.39, 0.29) is 16.3 Å². The van der Waals surface area contributed by atoms with Gasteiger partial charge in [0.1, 0.15) is 5.82 Å². The largest absolute Gasteiger partial charge is 0.419 e. The van der Waals surface area contributed by atoms with E-state index in [2.05, 4.69) is 0 Å². The molecule has 0 unspecified atom stereocenters. The Balaban J connectivity index is 2.75. The quantitative estimate of drug-likeness (QED) is 0.485. The van der Waals surface area contributed by atoms with Crippen molar-refractivity contribution in [2.24, 2.45) is 0 Å². The van der Waals surface area contributed by atoms with Crippen LogP contribution in [0.2, 0.25) is 5.02 Å². The SMILES string of the molecule is Fc1cc2sc(CCl)c(Cl)c2cc1C(F)(F)F. The predicted molar refractivity (Wildman–Crippen MR) is 61.4 cm³/mol. The zero-order valence-corrected chi connectivity index (χ0v) is 10.4. The number of hydrogen-bond donors (Lipinski definition) is 0. The molecule has 1 heterocycles. The first kappa shape index (κ1) is 12.9. The first-order valence-corrected chi connectivity index (χ1v) is 6.11. The molecule has 0 spiro atoms. The van der Waals surface area contributed by atoms with Gasteiger partial charge in [-0.05, 0) is 12.1 Å². The second-order valence-electron chi connectivity index (χ2n) is 3.30. The summed E-state index contributed by atoms with van der Waals surface area (Å²) in [6.45, 7) is 0. The molecule has 0 radical (unpaired) electrons. The summed E-state index contributed by atoms with van der Waals surface area (Å²) in [6.07, 6.45) is -4.73. The Kier molecular flexibility index (Phi) is 3.27. The summed E-state index contributed by atoms with van der Waals surface area (Å²) in [7, 11) is 0. The molecule has 0 fully saturated rings. The average Bonchev–Trinajstić information content (AvgIpc) is 2.52. The summed E-state index contributed by atoms with van der Waals surface area (Å²) >= 11 is 12.5. The van der Waals surface area contributed by atoms with Gasteiger partial charge in [0.2, 0.25) is 0 Å². The molecule has 0 N–H and O–H groups in total.